The van der Waals surface area contributed by atoms with Crippen molar-refractivity contribution in [2.75, 3.05) is 6.61 Å². The molecule has 1 atom stereocenters. The predicted molar refractivity (Wildman–Crippen MR) is 106 cm³/mol. The number of carbonyl (C=O) groups is 1. The number of ether oxygens (including phenoxy) is 2. The molecule has 0 radical (unpaired) electrons. The molecule has 3 aromatic rings. The van der Waals surface area contributed by atoms with Crippen LogP contribution in [-0.4, -0.2) is 22.7 Å². The minimum absolute atomic E-state index is 0.0273. The van der Waals surface area contributed by atoms with Gasteiger partial charge in [0, 0.05) is 18.2 Å². The maximum absolute atomic E-state index is 13.7. The summed E-state index contributed by atoms with van der Waals surface area (Å²) >= 11 is 5.61. The molecule has 10 heteroatoms. The molecule has 0 spiro atoms. The number of benzene rings is 2. The number of hydrogen-bond donors (Lipinski definition) is 1. The number of carbonyl (C=O) groups excluding carboxylic acids is 1. The summed E-state index contributed by atoms with van der Waals surface area (Å²) in [5.74, 6) is -1.15. The SMILES string of the molecule is CC1(c2nnc(Oc3ccccc3F)o2)C=C(NC(=O)COc2ccc(Cl)c(F)c2)C1. The van der Waals surface area contributed by atoms with Crippen LogP contribution in [0.2, 0.25) is 5.02 Å². The van der Waals surface area contributed by atoms with Crippen LogP contribution in [0, 0.1) is 11.6 Å². The summed E-state index contributed by atoms with van der Waals surface area (Å²) in [5, 5.41) is 10.4. The fourth-order valence-electron chi connectivity index (χ4n) is 3.00. The van der Waals surface area contributed by atoms with Gasteiger partial charge < -0.3 is 19.2 Å². The number of para-hydroxylation sites is 1. The zero-order chi connectivity index (χ0) is 22.0. The molecule has 1 heterocycles. The molecule has 1 unspecified atom stereocenters. The van der Waals surface area contributed by atoms with Crippen LogP contribution in [0.25, 0.3) is 0 Å². The second-order valence-corrected chi connectivity index (χ2v) is 7.49. The number of nitrogens with zero attached hydrogens (tertiary/aromatic N) is 2. The van der Waals surface area contributed by atoms with E-state index < -0.39 is 23.0 Å². The van der Waals surface area contributed by atoms with E-state index >= 15 is 0 Å². The van der Waals surface area contributed by atoms with Gasteiger partial charge >= 0.3 is 6.08 Å². The molecule has 0 saturated heterocycles. The topological polar surface area (TPSA) is 86.5 Å². The molecule has 1 amide bonds. The molecule has 0 saturated carbocycles. The van der Waals surface area contributed by atoms with E-state index in [1.165, 1.54) is 30.3 Å². The molecule has 0 fully saturated rings. The van der Waals surface area contributed by atoms with Crippen LogP contribution in [0.5, 0.6) is 17.6 Å². The van der Waals surface area contributed by atoms with E-state index in [1.54, 1.807) is 12.1 Å². The molecule has 160 valence electrons. The van der Waals surface area contributed by atoms with Gasteiger partial charge in [0.05, 0.1) is 10.4 Å². The quantitative estimate of drug-likeness (QED) is 0.572. The van der Waals surface area contributed by atoms with Gasteiger partial charge in [0.15, 0.2) is 18.2 Å². The lowest BCUT2D eigenvalue weighted by Gasteiger charge is -2.33. The van der Waals surface area contributed by atoms with Gasteiger partial charge in [-0.15, -0.1) is 5.10 Å². The lowest BCUT2D eigenvalue weighted by atomic mass is 9.75. The van der Waals surface area contributed by atoms with E-state index in [0.29, 0.717) is 12.1 Å². The third-order valence-corrected chi connectivity index (χ3v) is 4.85. The molecular formula is C21H16ClF2N3O4. The van der Waals surface area contributed by atoms with Gasteiger partial charge in [-0.05, 0) is 37.3 Å². The summed E-state index contributed by atoms with van der Waals surface area (Å²) < 4.78 is 43.1. The van der Waals surface area contributed by atoms with Gasteiger partial charge in [-0.3, -0.25) is 4.79 Å². The molecule has 1 aromatic heterocycles. The smallest absolute Gasteiger partial charge is 0.420 e. The molecule has 1 N–H and O–H groups in total. The first-order valence-corrected chi connectivity index (χ1v) is 9.56. The Kier molecular flexibility index (Phi) is 5.60. The maximum atomic E-state index is 13.7. The summed E-state index contributed by atoms with van der Waals surface area (Å²) in [6.45, 7) is 1.55. The van der Waals surface area contributed by atoms with Crippen LogP contribution >= 0.6 is 11.6 Å². The molecule has 7 nitrogen and oxygen atoms in total. The first-order chi connectivity index (χ1) is 14.8. The summed E-state index contributed by atoms with van der Waals surface area (Å²) in [5.41, 5.74) is 0.0419. The monoisotopic (exact) mass is 447 g/mol. The van der Waals surface area contributed by atoms with E-state index in [1.807, 2.05) is 6.92 Å². The minimum atomic E-state index is -0.630. The van der Waals surface area contributed by atoms with Crippen molar-refractivity contribution in [3.8, 4) is 17.6 Å². The highest BCUT2D eigenvalue weighted by molar-refractivity contribution is 6.30. The third kappa shape index (κ3) is 4.66. The standard InChI is InChI=1S/C21H16ClF2N3O4/c1-21(19-26-27-20(31-19)30-17-5-3-2-4-15(17)23)9-12(10-21)25-18(28)11-29-13-6-7-14(22)16(24)8-13/h2-9H,10-11H2,1H3,(H,25,28). The van der Waals surface area contributed by atoms with Gasteiger partial charge in [0.2, 0.25) is 5.89 Å². The van der Waals surface area contributed by atoms with Crippen LogP contribution < -0.4 is 14.8 Å². The molecule has 31 heavy (non-hydrogen) atoms. The van der Waals surface area contributed by atoms with Crippen molar-refractivity contribution in [2.45, 2.75) is 18.8 Å². The normalized spacial score (nSPS) is 17.5. The molecule has 0 aliphatic heterocycles. The largest absolute Gasteiger partial charge is 0.484 e. The van der Waals surface area contributed by atoms with Crippen LogP contribution in [0.1, 0.15) is 19.2 Å². The van der Waals surface area contributed by atoms with Gasteiger partial charge in [0.25, 0.3) is 5.91 Å². The highest BCUT2D eigenvalue weighted by Gasteiger charge is 2.40. The van der Waals surface area contributed by atoms with E-state index in [-0.39, 0.29) is 35.1 Å². The molecule has 1 aliphatic carbocycles. The lowest BCUT2D eigenvalue weighted by molar-refractivity contribution is -0.122. The number of halogens is 3. The second kappa shape index (κ2) is 8.35. The number of rotatable bonds is 7. The van der Waals surface area contributed by atoms with Gasteiger partial charge in [-0.25, -0.2) is 8.78 Å². The number of nitrogens with one attached hydrogen (secondary N) is 1. The molecule has 4 rings (SSSR count). The van der Waals surface area contributed by atoms with Crippen molar-refractivity contribution >= 4 is 17.5 Å². The van der Waals surface area contributed by atoms with Crippen molar-refractivity contribution in [3.05, 3.63) is 76.8 Å². The predicted octanol–water partition coefficient (Wildman–Crippen LogP) is 4.53. The van der Waals surface area contributed by atoms with Crippen LogP contribution in [-0.2, 0) is 10.2 Å². The average molecular weight is 448 g/mol. The Balaban J connectivity index is 1.32. The number of allylic oxidation sites excluding steroid dienone is 2. The van der Waals surface area contributed by atoms with Crippen molar-refractivity contribution < 1.29 is 27.5 Å². The fourth-order valence-corrected chi connectivity index (χ4v) is 3.12. The third-order valence-electron chi connectivity index (χ3n) is 4.54. The molecule has 1 aliphatic rings. The number of hydrogen-bond acceptors (Lipinski definition) is 6. The van der Waals surface area contributed by atoms with E-state index in [4.69, 9.17) is 25.5 Å². The molecular weight excluding hydrogens is 432 g/mol. The first-order valence-electron chi connectivity index (χ1n) is 9.18. The summed E-state index contributed by atoms with van der Waals surface area (Å²) in [6.07, 6.45) is 2.00. The highest BCUT2D eigenvalue weighted by atomic mass is 35.5. The first kappa shape index (κ1) is 20.8. The number of aromatic nitrogens is 2. The second-order valence-electron chi connectivity index (χ2n) is 7.08. The van der Waals surface area contributed by atoms with Crippen molar-refractivity contribution in [1.82, 2.24) is 15.5 Å². The van der Waals surface area contributed by atoms with Crippen LogP contribution in [0.15, 0.2) is 58.7 Å². The Morgan fingerprint density at radius 2 is 2.00 bits per heavy atom. The van der Waals surface area contributed by atoms with Gasteiger partial charge in [-0.2, -0.15) is 0 Å². The zero-order valence-electron chi connectivity index (χ0n) is 16.2. The number of amides is 1. The Morgan fingerprint density at radius 3 is 2.74 bits per heavy atom. The zero-order valence-corrected chi connectivity index (χ0v) is 17.0. The van der Waals surface area contributed by atoms with E-state index in [0.717, 1.165) is 6.07 Å². The molecule has 0 bridgehead atoms. The van der Waals surface area contributed by atoms with Crippen LogP contribution in [0.4, 0.5) is 8.78 Å². The average Bonchev–Trinajstić information content (AvgIpc) is 3.18. The Labute approximate surface area is 180 Å². The summed E-state index contributed by atoms with van der Waals surface area (Å²) in [6, 6.07) is 9.77. The van der Waals surface area contributed by atoms with E-state index in [2.05, 4.69) is 15.5 Å². The van der Waals surface area contributed by atoms with Crippen LogP contribution in [0.3, 0.4) is 0 Å². The maximum Gasteiger partial charge on any atom is 0.420 e. The lowest BCUT2D eigenvalue weighted by Crippen LogP contribution is -2.39. The highest BCUT2D eigenvalue weighted by Crippen LogP contribution is 2.40. The Morgan fingerprint density at radius 1 is 1.23 bits per heavy atom. The summed E-state index contributed by atoms with van der Waals surface area (Å²) in [4.78, 5) is 12.1. The van der Waals surface area contributed by atoms with Gasteiger partial charge in [0.1, 0.15) is 11.6 Å². The van der Waals surface area contributed by atoms with Crippen molar-refractivity contribution in [2.24, 2.45) is 0 Å². The Hall–Kier alpha value is -3.46. The fraction of sp³-hybridized carbons (Fsp3) is 0.190. The van der Waals surface area contributed by atoms with Crippen molar-refractivity contribution in [3.63, 3.8) is 0 Å². The Bertz CT molecular complexity index is 1170. The van der Waals surface area contributed by atoms with E-state index in [9.17, 15) is 13.6 Å². The summed E-state index contributed by atoms with van der Waals surface area (Å²) in [7, 11) is 0. The molecule has 2 aromatic carbocycles. The van der Waals surface area contributed by atoms with Crippen molar-refractivity contribution in [1.29, 1.82) is 0 Å². The van der Waals surface area contributed by atoms with Gasteiger partial charge in [-0.1, -0.05) is 28.8 Å². The minimum Gasteiger partial charge on any atom is -0.484 e.